The molecular weight excluding hydrogens is 500 g/mol. The molecule has 1 aliphatic carbocycles. The van der Waals surface area contributed by atoms with E-state index in [0.29, 0.717) is 17.2 Å². The van der Waals surface area contributed by atoms with E-state index in [1.165, 1.54) is 34.2 Å². The molecule has 192 valence electrons. The number of thiophene rings is 1. The van der Waals surface area contributed by atoms with Crippen LogP contribution in [0.15, 0.2) is 59.6 Å². The summed E-state index contributed by atoms with van der Waals surface area (Å²) < 4.78 is 7.60. The van der Waals surface area contributed by atoms with E-state index < -0.39 is 0 Å². The lowest BCUT2D eigenvalue weighted by Crippen LogP contribution is -2.16. The first-order valence-corrected chi connectivity index (χ1v) is 14.7. The molecule has 0 saturated heterocycles. The van der Waals surface area contributed by atoms with Crippen LogP contribution in [0.1, 0.15) is 58.1 Å². The van der Waals surface area contributed by atoms with E-state index in [4.69, 9.17) is 4.74 Å². The van der Waals surface area contributed by atoms with Crippen molar-refractivity contribution in [2.75, 3.05) is 17.7 Å². The summed E-state index contributed by atoms with van der Waals surface area (Å²) in [7, 11) is 0. The predicted octanol–water partition coefficient (Wildman–Crippen LogP) is 7.24. The molecule has 0 bridgehead atoms. The molecule has 0 radical (unpaired) electrons. The number of amides is 1. The monoisotopic (exact) mass is 532 g/mol. The zero-order valence-electron chi connectivity index (χ0n) is 21.3. The first-order chi connectivity index (χ1) is 18.0. The van der Waals surface area contributed by atoms with Crippen LogP contribution < -0.4 is 5.32 Å². The average molecular weight is 533 g/mol. The maximum Gasteiger partial charge on any atom is 0.341 e. The number of hydrogen-bond donors (Lipinski definition) is 1. The summed E-state index contributed by atoms with van der Waals surface area (Å²) in [6, 6.07) is 16.9. The SMILES string of the molecule is CCOC(=O)c1c(NC(=O)CSc2cn(Cc3ccc(C)cc3)c3ccccc23)sc2c1CCCCC2. The second-order valence-corrected chi connectivity index (χ2v) is 11.6. The van der Waals surface area contributed by atoms with Gasteiger partial charge in [-0.2, -0.15) is 0 Å². The number of anilines is 1. The van der Waals surface area contributed by atoms with Gasteiger partial charge in [0, 0.05) is 33.4 Å². The van der Waals surface area contributed by atoms with Crippen molar-refractivity contribution in [3.63, 3.8) is 0 Å². The van der Waals surface area contributed by atoms with Gasteiger partial charge in [-0.05, 0) is 56.7 Å². The number of aromatic nitrogens is 1. The van der Waals surface area contributed by atoms with Gasteiger partial charge >= 0.3 is 5.97 Å². The minimum absolute atomic E-state index is 0.109. The van der Waals surface area contributed by atoms with E-state index in [-0.39, 0.29) is 17.6 Å². The molecule has 2 aromatic heterocycles. The minimum atomic E-state index is -0.330. The minimum Gasteiger partial charge on any atom is -0.462 e. The molecule has 0 atom stereocenters. The van der Waals surface area contributed by atoms with Crippen LogP contribution in [0.5, 0.6) is 0 Å². The summed E-state index contributed by atoms with van der Waals surface area (Å²) in [5, 5.41) is 4.83. The molecule has 0 saturated carbocycles. The molecule has 1 N–H and O–H groups in total. The van der Waals surface area contributed by atoms with Crippen LogP contribution >= 0.6 is 23.1 Å². The Balaban J connectivity index is 1.33. The van der Waals surface area contributed by atoms with Crippen molar-refractivity contribution < 1.29 is 14.3 Å². The molecule has 37 heavy (non-hydrogen) atoms. The lowest BCUT2D eigenvalue weighted by Gasteiger charge is -2.08. The molecule has 0 unspecified atom stereocenters. The van der Waals surface area contributed by atoms with Crippen molar-refractivity contribution in [3.05, 3.63) is 81.9 Å². The van der Waals surface area contributed by atoms with E-state index in [9.17, 15) is 9.59 Å². The third kappa shape index (κ3) is 5.78. The number of carbonyl (C=O) groups excluding carboxylic acids is 2. The number of carbonyl (C=O) groups is 2. The molecule has 0 fully saturated rings. The van der Waals surface area contributed by atoms with Crippen LogP contribution in [0.4, 0.5) is 5.00 Å². The quantitative estimate of drug-likeness (QED) is 0.148. The molecular formula is C30H32N2O3S2. The molecule has 0 aliphatic heterocycles. The van der Waals surface area contributed by atoms with Gasteiger partial charge in [0.05, 0.1) is 17.9 Å². The highest BCUT2D eigenvalue weighted by molar-refractivity contribution is 8.00. The highest BCUT2D eigenvalue weighted by Crippen LogP contribution is 2.38. The fourth-order valence-corrected chi connectivity index (χ4v) is 7.09. The van der Waals surface area contributed by atoms with E-state index in [1.807, 2.05) is 19.1 Å². The van der Waals surface area contributed by atoms with Crippen molar-refractivity contribution >= 4 is 50.9 Å². The van der Waals surface area contributed by atoms with Crippen LogP contribution in [-0.4, -0.2) is 28.8 Å². The largest absolute Gasteiger partial charge is 0.462 e. The van der Waals surface area contributed by atoms with Gasteiger partial charge in [0.2, 0.25) is 5.91 Å². The first-order valence-electron chi connectivity index (χ1n) is 12.9. The van der Waals surface area contributed by atoms with Gasteiger partial charge in [0.15, 0.2) is 0 Å². The Bertz CT molecular complexity index is 1420. The number of fused-ring (bicyclic) bond motifs is 2. The number of ether oxygens (including phenoxy) is 1. The van der Waals surface area contributed by atoms with E-state index in [2.05, 4.69) is 59.4 Å². The third-order valence-electron chi connectivity index (χ3n) is 6.74. The number of benzene rings is 2. The number of rotatable bonds is 8. The molecule has 2 heterocycles. The Morgan fingerprint density at radius 3 is 2.65 bits per heavy atom. The summed E-state index contributed by atoms with van der Waals surface area (Å²) >= 11 is 3.07. The highest BCUT2D eigenvalue weighted by atomic mass is 32.2. The molecule has 5 nitrogen and oxygen atoms in total. The lowest BCUT2D eigenvalue weighted by atomic mass is 10.1. The van der Waals surface area contributed by atoms with Crippen LogP contribution in [0.25, 0.3) is 10.9 Å². The Hall–Kier alpha value is -3.03. The fourth-order valence-electron chi connectivity index (χ4n) is 4.91. The van der Waals surface area contributed by atoms with Gasteiger partial charge in [-0.3, -0.25) is 4.79 Å². The number of nitrogens with one attached hydrogen (secondary N) is 1. The van der Waals surface area contributed by atoms with E-state index in [0.717, 1.165) is 53.6 Å². The second kappa shape index (κ2) is 11.6. The summed E-state index contributed by atoms with van der Waals surface area (Å²) in [5.41, 5.74) is 5.28. The zero-order chi connectivity index (χ0) is 25.8. The standard InChI is InChI=1S/C30H32N2O3S2/c1-3-35-30(34)28-23-10-5-4-6-12-25(23)37-29(28)31-27(33)19-36-26-18-32(24-11-8-7-9-22(24)26)17-21-15-13-20(2)14-16-21/h7-9,11,13-16,18H,3-6,10,12,17,19H2,1-2H3,(H,31,33). The van der Waals surface area contributed by atoms with Gasteiger partial charge in [0.1, 0.15) is 5.00 Å². The summed E-state index contributed by atoms with van der Waals surface area (Å²) in [6.45, 7) is 5.00. The maximum atomic E-state index is 13.1. The van der Waals surface area contributed by atoms with Crippen molar-refractivity contribution in [3.8, 4) is 0 Å². The maximum absolute atomic E-state index is 13.1. The van der Waals surface area contributed by atoms with Crippen molar-refractivity contribution in [2.24, 2.45) is 0 Å². The molecule has 4 aromatic rings. The topological polar surface area (TPSA) is 60.3 Å². The zero-order valence-corrected chi connectivity index (χ0v) is 23.0. The predicted molar refractivity (Wildman–Crippen MR) is 153 cm³/mol. The fraction of sp³-hybridized carbons (Fsp3) is 0.333. The number of aryl methyl sites for hydroxylation is 2. The number of thioether (sulfide) groups is 1. The van der Waals surface area contributed by atoms with Crippen molar-refractivity contribution in [1.82, 2.24) is 4.57 Å². The van der Waals surface area contributed by atoms with Crippen LogP contribution in [0, 0.1) is 6.92 Å². The van der Waals surface area contributed by atoms with Gasteiger partial charge in [-0.25, -0.2) is 4.79 Å². The number of nitrogens with zero attached hydrogens (tertiary/aromatic N) is 1. The van der Waals surface area contributed by atoms with Gasteiger partial charge in [0.25, 0.3) is 0 Å². The number of esters is 1. The van der Waals surface area contributed by atoms with Crippen molar-refractivity contribution in [1.29, 1.82) is 0 Å². The Morgan fingerprint density at radius 2 is 1.84 bits per heavy atom. The first kappa shape index (κ1) is 25.6. The molecule has 0 spiro atoms. The van der Waals surface area contributed by atoms with Crippen LogP contribution in [0.3, 0.4) is 0 Å². The number of para-hydroxylation sites is 1. The van der Waals surface area contributed by atoms with Gasteiger partial charge in [-0.15, -0.1) is 23.1 Å². The summed E-state index contributed by atoms with van der Waals surface area (Å²) in [4.78, 5) is 28.2. The molecule has 7 heteroatoms. The highest BCUT2D eigenvalue weighted by Gasteiger charge is 2.26. The normalized spacial score (nSPS) is 13.2. The Labute approximate surface area is 226 Å². The van der Waals surface area contributed by atoms with Crippen LogP contribution in [-0.2, 0) is 28.9 Å². The summed E-state index contributed by atoms with van der Waals surface area (Å²) in [5.74, 6) is -0.171. The summed E-state index contributed by atoms with van der Waals surface area (Å²) in [6.07, 6.45) is 7.31. The lowest BCUT2D eigenvalue weighted by molar-refractivity contribution is -0.113. The molecule has 5 rings (SSSR count). The molecule has 2 aromatic carbocycles. The number of hydrogen-bond acceptors (Lipinski definition) is 5. The van der Waals surface area contributed by atoms with Gasteiger partial charge in [-0.1, -0.05) is 54.4 Å². The van der Waals surface area contributed by atoms with Gasteiger partial charge < -0.3 is 14.6 Å². The third-order valence-corrected chi connectivity index (χ3v) is 8.99. The Morgan fingerprint density at radius 1 is 1.05 bits per heavy atom. The second-order valence-electron chi connectivity index (χ2n) is 9.45. The van der Waals surface area contributed by atoms with E-state index in [1.54, 1.807) is 11.3 Å². The van der Waals surface area contributed by atoms with Crippen LogP contribution in [0.2, 0.25) is 0 Å². The molecule has 1 aliphatic rings. The molecule has 1 amide bonds. The smallest absolute Gasteiger partial charge is 0.341 e. The van der Waals surface area contributed by atoms with E-state index >= 15 is 0 Å². The van der Waals surface area contributed by atoms with Crippen molar-refractivity contribution in [2.45, 2.75) is 57.4 Å². The Kier molecular flexibility index (Phi) is 8.01. The average Bonchev–Trinajstić information content (AvgIpc) is 3.32.